The Labute approximate surface area is 164 Å². The second kappa shape index (κ2) is 8.03. The molecule has 27 heavy (non-hydrogen) atoms. The van der Waals surface area contributed by atoms with Crippen LogP contribution >= 0.6 is 11.8 Å². The van der Waals surface area contributed by atoms with Gasteiger partial charge >= 0.3 is 0 Å². The Bertz CT molecular complexity index is 922. The summed E-state index contributed by atoms with van der Waals surface area (Å²) in [6.07, 6.45) is 2.11. The molecule has 0 saturated carbocycles. The lowest BCUT2D eigenvalue weighted by atomic mass is 10.1. The number of para-hydroxylation sites is 1. The van der Waals surface area contributed by atoms with E-state index in [1.165, 1.54) is 5.69 Å². The van der Waals surface area contributed by atoms with Gasteiger partial charge in [-0.25, -0.2) is 0 Å². The zero-order valence-electron chi connectivity index (χ0n) is 15.3. The average Bonchev–Trinajstić information content (AvgIpc) is 3.16. The monoisotopic (exact) mass is 377 g/mol. The van der Waals surface area contributed by atoms with E-state index < -0.39 is 0 Å². The number of nitrogens with one attached hydrogen (secondary N) is 1. The van der Waals surface area contributed by atoms with Crippen LogP contribution in [0.15, 0.2) is 82.7 Å². The number of rotatable bonds is 5. The first-order chi connectivity index (χ1) is 13.2. The van der Waals surface area contributed by atoms with Crippen LogP contribution in [0.25, 0.3) is 0 Å². The summed E-state index contributed by atoms with van der Waals surface area (Å²) in [5, 5.41) is 3.11. The second-order valence-corrected chi connectivity index (χ2v) is 7.85. The average molecular weight is 378 g/mol. The van der Waals surface area contributed by atoms with Crippen LogP contribution in [-0.4, -0.2) is 28.5 Å². The largest absolute Gasteiger partial charge is 0.349 e. The van der Waals surface area contributed by atoms with Gasteiger partial charge in [-0.2, -0.15) is 0 Å². The van der Waals surface area contributed by atoms with Crippen LogP contribution in [-0.2, 0) is 11.3 Å². The van der Waals surface area contributed by atoms with Crippen molar-refractivity contribution in [3.8, 4) is 0 Å². The molecule has 138 valence electrons. The highest BCUT2D eigenvalue weighted by molar-refractivity contribution is 7.99. The molecule has 5 heteroatoms. The third kappa shape index (κ3) is 4.10. The molecule has 0 radical (unpaired) electrons. The van der Waals surface area contributed by atoms with E-state index >= 15 is 0 Å². The molecule has 0 spiro atoms. The Morgan fingerprint density at radius 3 is 2.67 bits per heavy atom. The summed E-state index contributed by atoms with van der Waals surface area (Å²) in [6.45, 7) is 4.38. The van der Waals surface area contributed by atoms with Gasteiger partial charge in [-0.05, 0) is 43.3 Å². The smallest absolute Gasteiger partial charge is 0.238 e. The quantitative estimate of drug-likeness (QED) is 0.703. The first kappa shape index (κ1) is 17.9. The summed E-state index contributed by atoms with van der Waals surface area (Å²) < 4.78 is 2.27. The predicted octanol–water partition coefficient (Wildman–Crippen LogP) is 4.65. The van der Waals surface area contributed by atoms with Crippen molar-refractivity contribution in [2.75, 3.05) is 18.4 Å². The van der Waals surface area contributed by atoms with E-state index in [-0.39, 0.29) is 11.9 Å². The normalized spacial score (nSPS) is 16.7. The maximum atomic E-state index is 12.7. The third-order valence-electron chi connectivity index (χ3n) is 4.95. The zero-order valence-corrected chi connectivity index (χ0v) is 16.2. The number of amides is 1. The molecule has 0 unspecified atom stereocenters. The van der Waals surface area contributed by atoms with E-state index in [0.717, 1.165) is 28.6 Å². The molecule has 1 aliphatic rings. The lowest BCUT2D eigenvalue weighted by molar-refractivity contribution is -0.118. The minimum atomic E-state index is 0.0305. The van der Waals surface area contributed by atoms with Crippen molar-refractivity contribution in [1.82, 2.24) is 9.47 Å². The fourth-order valence-electron chi connectivity index (χ4n) is 3.49. The summed E-state index contributed by atoms with van der Waals surface area (Å²) >= 11 is 1.66. The molecule has 0 bridgehead atoms. The summed E-state index contributed by atoms with van der Waals surface area (Å²) in [5.41, 5.74) is 2.14. The number of anilines is 1. The number of benzene rings is 2. The molecule has 4 nitrogen and oxygen atoms in total. The van der Waals surface area contributed by atoms with Crippen LogP contribution in [0.4, 0.5) is 5.69 Å². The van der Waals surface area contributed by atoms with Crippen molar-refractivity contribution in [1.29, 1.82) is 0 Å². The van der Waals surface area contributed by atoms with Crippen molar-refractivity contribution in [2.24, 2.45) is 0 Å². The highest BCUT2D eigenvalue weighted by atomic mass is 32.2. The third-order valence-corrected chi connectivity index (χ3v) is 6.03. The molecule has 4 rings (SSSR count). The van der Waals surface area contributed by atoms with E-state index in [9.17, 15) is 4.79 Å². The minimum absolute atomic E-state index is 0.0305. The molecule has 0 saturated heterocycles. The maximum absolute atomic E-state index is 12.7. The van der Waals surface area contributed by atoms with Gasteiger partial charge in [0.25, 0.3) is 0 Å². The molecule has 2 aromatic carbocycles. The fraction of sp³-hybridized carbons (Fsp3) is 0.227. The van der Waals surface area contributed by atoms with Gasteiger partial charge < -0.3 is 9.88 Å². The van der Waals surface area contributed by atoms with Crippen molar-refractivity contribution in [2.45, 2.75) is 29.3 Å². The SMILES string of the molecule is C[C@H]1c2cccn2CCN1CC(=O)Nc1ccccc1Sc1ccccc1. The standard InChI is InChI=1S/C22H23N3OS/c1-17-20-11-7-13-24(20)14-15-25(17)16-22(26)23-19-10-5-6-12-21(19)27-18-8-3-2-4-9-18/h2-13,17H,14-16H2,1H3,(H,23,26)/t17-/m0/s1. The number of hydrogen-bond acceptors (Lipinski definition) is 3. The maximum Gasteiger partial charge on any atom is 0.238 e. The van der Waals surface area contributed by atoms with Gasteiger partial charge in [0, 0.05) is 40.8 Å². The van der Waals surface area contributed by atoms with E-state index in [1.807, 2.05) is 42.5 Å². The molecular weight excluding hydrogens is 354 g/mol. The molecule has 1 aliphatic heterocycles. The number of fused-ring (bicyclic) bond motifs is 1. The van der Waals surface area contributed by atoms with Gasteiger partial charge in [-0.3, -0.25) is 9.69 Å². The van der Waals surface area contributed by atoms with Crippen molar-refractivity contribution >= 4 is 23.4 Å². The van der Waals surface area contributed by atoms with Gasteiger partial charge in [0.2, 0.25) is 5.91 Å². The Morgan fingerprint density at radius 2 is 1.81 bits per heavy atom. The van der Waals surface area contributed by atoms with Crippen LogP contribution in [0.2, 0.25) is 0 Å². The van der Waals surface area contributed by atoms with E-state index in [4.69, 9.17) is 0 Å². The second-order valence-electron chi connectivity index (χ2n) is 6.73. The van der Waals surface area contributed by atoms with Crippen molar-refractivity contribution in [3.05, 3.63) is 78.6 Å². The first-order valence-electron chi connectivity index (χ1n) is 9.21. The fourth-order valence-corrected chi connectivity index (χ4v) is 4.41. The van der Waals surface area contributed by atoms with E-state index in [0.29, 0.717) is 6.54 Å². The molecule has 0 aliphatic carbocycles. The summed E-state index contributed by atoms with van der Waals surface area (Å²) in [5.74, 6) is 0.0305. The van der Waals surface area contributed by atoms with Crippen molar-refractivity contribution in [3.63, 3.8) is 0 Å². The van der Waals surface area contributed by atoms with Gasteiger partial charge in [-0.1, -0.05) is 42.1 Å². The molecular formula is C22H23N3OS. The molecule has 3 aromatic rings. The van der Waals surface area contributed by atoms with Gasteiger partial charge in [-0.15, -0.1) is 0 Å². The van der Waals surface area contributed by atoms with Crippen molar-refractivity contribution < 1.29 is 4.79 Å². The van der Waals surface area contributed by atoms with Crippen LogP contribution in [0.3, 0.4) is 0 Å². The van der Waals surface area contributed by atoms with E-state index in [1.54, 1.807) is 11.8 Å². The number of carbonyl (C=O) groups excluding carboxylic acids is 1. The van der Waals surface area contributed by atoms with E-state index in [2.05, 4.69) is 52.2 Å². The number of nitrogens with zero attached hydrogens (tertiary/aromatic N) is 2. The predicted molar refractivity (Wildman–Crippen MR) is 110 cm³/mol. The summed E-state index contributed by atoms with van der Waals surface area (Å²) in [7, 11) is 0. The molecule has 0 fully saturated rings. The highest BCUT2D eigenvalue weighted by Gasteiger charge is 2.25. The molecule has 1 amide bonds. The van der Waals surface area contributed by atoms with Crippen LogP contribution in [0.1, 0.15) is 18.7 Å². The van der Waals surface area contributed by atoms with Gasteiger partial charge in [0.15, 0.2) is 0 Å². The zero-order chi connectivity index (χ0) is 18.6. The Kier molecular flexibility index (Phi) is 5.32. The Hall–Kier alpha value is -2.50. The number of hydrogen-bond donors (Lipinski definition) is 1. The Balaban J connectivity index is 1.43. The Morgan fingerprint density at radius 1 is 1.04 bits per heavy atom. The van der Waals surface area contributed by atoms with Crippen LogP contribution in [0.5, 0.6) is 0 Å². The van der Waals surface area contributed by atoms with Crippen LogP contribution < -0.4 is 5.32 Å². The molecule has 1 atom stereocenters. The molecule has 1 N–H and O–H groups in total. The number of carbonyl (C=O) groups is 1. The first-order valence-corrected chi connectivity index (χ1v) is 10.0. The summed E-state index contributed by atoms with van der Waals surface area (Å²) in [6, 6.07) is 22.6. The topological polar surface area (TPSA) is 37.3 Å². The molecule has 2 heterocycles. The molecule has 1 aromatic heterocycles. The van der Waals surface area contributed by atoms with Crippen LogP contribution in [0, 0.1) is 0 Å². The minimum Gasteiger partial charge on any atom is -0.349 e. The lowest BCUT2D eigenvalue weighted by Crippen LogP contribution is -2.41. The number of aromatic nitrogens is 1. The van der Waals surface area contributed by atoms with Gasteiger partial charge in [0.05, 0.1) is 12.2 Å². The lowest BCUT2D eigenvalue weighted by Gasteiger charge is -2.34. The summed E-state index contributed by atoms with van der Waals surface area (Å²) in [4.78, 5) is 17.2. The highest BCUT2D eigenvalue weighted by Crippen LogP contribution is 2.33. The van der Waals surface area contributed by atoms with Gasteiger partial charge in [0.1, 0.15) is 0 Å².